The van der Waals surface area contributed by atoms with Crippen LogP contribution in [0.1, 0.15) is 11.5 Å². The van der Waals surface area contributed by atoms with Gasteiger partial charge in [-0.2, -0.15) is 8.42 Å². The summed E-state index contributed by atoms with van der Waals surface area (Å²) in [5.41, 5.74) is 5.88. The number of benzene rings is 1. The van der Waals surface area contributed by atoms with E-state index < -0.39 is 33.8 Å². The minimum absolute atomic E-state index is 0.458. The number of carbonyl (C=O) groups is 1. The Hall–Kier alpha value is -1.44. The number of rotatable bonds is 5. The summed E-state index contributed by atoms with van der Waals surface area (Å²) in [4.78, 5) is 10.8. The van der Waals surface area contributed by atoms with E-state index in [0.717, 1.165) is 0 Å². The van der Waals surface area contributed by atoms with Crippen LogP contribution in [0.25, 0.3) is 0 Å². The molecule has 0 aliphatic carbocycles. The number of hydrogen-bond donors (Lipinski definition) is 3. The molecule has 17 heavy (non-hydrogen) atoms. The zero-order chi connectivity index (χ0) is 13.1. The number of nitrogens with two attached hydrogens (primary N) is 1. The van der Waals surface area contributed by atoms with Crippen molar-refractivity contribution in [3.05, 3.63) is 35.9 Å². The van der Waals surface area contributed by atoms with Crippen molar-refractivity contribution in [2.45, 2.75) is 12.0 Å². The summed E-state index contributed by atoms with van der Waals surface area (Å²) < 4.78 is 30.5. The van der Waals surface area contributed by atoms with Crippen LogP contribution in [-0.4, -0.2) is 35.8 Å². The lowest BCUT2D eigenvalue weighted by atomic mass is 9.94. The van der Waals surface area contributed by atoms with Gasteiger partial charge in [0.25, 0.3) is 10.1 Å². The third-order valence-electron chi connectivity index (χ3n) is 2.34. The maximum atomic E-state index is 10.8. The summed E-state index contributed by atoms with van der Waals surface area (Å²) in [6, 6.07) is 6.73. The molecule has 1 aromatic carbocycles. The summed E-state index contributed by atoms with van der Waals surface area (Å²) in [6.45, 7) is 0. The van der Waals surface area contributed by atoms with Crippen molar-refractivity contribution in [3.63, 3.8) is 0 Å². The van der Waals surface area contributed by atoms with Crippen LogP contribution in [0.4, 0.5) is 0 Å². The molecule has 0 aliphatic rings. The fourth-order valence-electron chi connectivity index (χ4n) is 1.51. The van der Waals surface area contributed by atoms with Crippen LogP contribution in [0.15, 0.2) is 30.3 Å². The van der Waals surface area contributed by atoms with Crippen LogP contribution in [0, 0.1) is 0 Å². The van der Waals surface area contributed by atoms with E-state index in [0.29, 0.717) is 5.56 Å². The third kappa shape index (κ3) is 4.14. The molecular formula is C10H13NO5S. The topological polar surface area (TPSA) is 118 Å². The van der Waals surface area contributed by atoms with E-state index in [9.17, 15) is 13.2 Å². The average molecular weight is 259 g/mol. The van der Waals surface area contributed by atoms with Crippen molar-refractivity contribution in [3.8, 4) is 0 Å². The summed E-state index contributed by atoms with van der Waals surface area (Å²) in [5, 5.41) is 8.81. The average Bonchev–Trinajstić information content (AvgIpc) is 2.25. The number of aliphatic carboxylic acids is 1. The molecule has 0 radical (unpaired) electrons. The van der Waals surface area contributed by atoms with Crippen LogP contribution in [0.5, 0.6) is 0 Å². The van der Waals surface area contributed by atoms with Gasteiger partial charge in [-0.05, 0) is 5.56 Å². The van der Waals surface area contributed by atoms with Gasteiger partial charge in [-0.15, -0.1) is 0 Å². The van der Waals surface area contributed by atoms with Crippen molar-refractivity contribution in [1.82, 2.24) is 0 Å². The van der Waals surface area contributed by atoms with Crippen LogP contribution < -0.4 is 5.73 Å². The Bertz CT molecular complexity index is 485. The van der Waals surface area contributed by atoms with E-state index >= 15 is 0 Å². The molecule has 4 N–H and O–H groups in total. The van der Waals surface area contributed by atoms with E-state index in [1.165, 1.54) is 0 Å². The molecule has 2 atom stereocenters. The van der Waals surface area contributed by atoms with Crippen LogP contribution in [0.2, 0.25) is 0 Å². The van der Waals surface area contributed by atoms with Gasteiger partial charge >= 0.3 is 5.97 Å². The SMILES string of the molecule is N[C@H](C(=O)O)C(CS(=O)(=O)O)c1ccccc1. The molecule has 7 heteroatoms. The number of carboxylic acids is 1. The highest BCUT2D eigenvalue weighted by Gasteiger charge is 2.29. The van der Waals surface area contributed by atoms with Gasteiger partial charge in [0.15, 0.2) is 0 Å². The third-order valence-corrected chi connectivity index (χ3v) is 3.12. The molecule has 0 aromatic heterocycles. The summed E-state index contributed by atoms with van der Waals surface area (Å²) >= 11 is 0. The van der Waals surface area contributed by atoms with Gasteiger partial charge in [0.2, 0.25) is 0 Å². The van der Waals surface area contributed by atoms with Crippen molar-refractivity contribution in [2.75, 3.05) is 5.75 Å². The lowest BCUT2D eigenvalue weighted by Crippen LogP contribution is -2.39. The highest BCUT2D eigenvalue weighted by atomic mass is 32.2. The molecule has 0 fully saturated rings. The summed E-state index contributed by atoms with van der Waals surface area (Å²) in [7, 11) is -4.29. The molecule has 0 aliphatic heterocycles. The van der Waals surface area contributed by atoms with Crippen LogP contribution in [-0.2, 0) is 14.9 Å². The minimum atomic E-state index is -4.29. The largest absolute Gasteiger partial charge is 0.480 e. The molecule has 0 bridgehead atoms. The van der Waals surface area contributed by atoms with Gasteiger partial charge in [-0.1, -0.05) is 30.3 Å². The number of carboxylic acid groups (broad SMARTS) is 1. The molecule has 1 aromatic rings. The fourth-order valence-corrected chi connectivity index (χ4v) is 2.36. The Labute approximate surface area is 98.8 Å². The quantitative estimate of drug-likeness (QED) is 0.644. The van der Waals surface area contributed by atoms with E-state index in [4.69, 9.17) is 15.4 Å². The number of hydrogen-bond acceptors (Lipinski definition) is 4. The Kier molecular flexibility index (Phi) is 4.22. The molecule has 0 saturated carbocycles. The lowest BCUT2D eigenvalue weighted by Gasteiger charge is -2.19. The maximum Gasteiger partial charge on any atom is 0.321 e. The second kappa shape index (κ2) is 5.26. The van der Waals surface area contributed by atoms with Gasteiger partial charge in [0.05, 0.1) is 5.75 Å². The standard InChI is InChI=1S/C10H13NO5S/c11-9(10(12)13)8(6-17(14,15)16)7-4-2-1-3-5-7/h1-5,8-9H,6,11H2,(H,12,13)(H,14,15,16)/t8?,9-/m0/s1. The Balaban J connectivity index is 3.07. The molecule has 0 amide bonds. The second-order valence-corrected chi connectivity index (χ2v) is 5.13. The molecule has 0 saturated heterocycles. The van der Waals surface area contributed by atoms with E-state index in [2.05, 4.69) is 0 Å². The predicted octanol–water partition coefficient (Wildman–Crippen LogP) is 0.0699. The van der Waals surface area contributed by atoms with Crippen LogP contribution >= 0.6 is 0 Å². The first-order chi connectivity index (χ1) is 7.81. The van der Waals surface area contributed by atoms with Gasteiger partial charge in [-0.3, -0.25) is 9.35 Å². The van der Waals surface area contributed by atoms with E-state index in [1.807, 2.05) is 0 Å². The van der Waals surface area contributed by atoms with Crippen molar-refractivity contribution in [2.24, 2.45) is 5.73 Å². The molecule has 1 rings (SSSR count). The maximum absolute atomic E-state index is 10.8. The highest BCUT2D eigenvalue weighted by Crippen LogP contribution is 2.20. The lowest BCUT2D eigenvalue weighted by molar-refractivity contribution is -0.138. The molecule has 6 nitrogen and oxygen atoms in total. The summed E-state index contributed by atoms with van der Waals surface area (Å²) in [6.07, 6.45) is 0. The first kappa shape index (κ1) is 13.6. The van der Waals surface area contributed by atoms with E-state index in [1.54, 1.807) is 30.3 Å². The summed E-state index contributed by atoms with van der Waals surface area (Å²) in [5.74, 6) is -3.02. The minimum Gasteiger partial charge on any atom is -0.480 e. The monoisotopic (exact) mass is 259 g/mol. The van der Waals surface area contributed by atoms with Gasteiger partial charge in [-0.25, -0.2) is 0 Å². The second-order valence-electron chi connectivity index (χ2n) is 3.63. The molecular weight excluding hydrogens is 246 g/mol. The van der Waals surface area contributed by atoms with Crippen molar-refractivity contribution < 1.29 is 22.9 Å². The van der Waals surface area contributed by atoms with E-state index in [-0.39, 0.29) is 0 Å². The molecule has 94 valence electrons. The Morgan fingerprint density at radius 2 is 1.82 bits per heavy atom. The first-order valence-electron chi connectivity index (χ1n) is 4.80. The fraction of sp³-hybridized carbons (Fsp3) is 0.300. The first-order valence-corrected chi connectivity index (χ1v) is 6.40. The molecule has 1 unspecified atom stereocenters. The zero-order valence-electron chi connectivity index (χ0n) is 8.85. The normalized spacial score (nSPS) is 15.2. The Morgan fingerprint density at radius 3 is 2.24 bits per heavy atom. The zero-order valence-corrected chi connectivity index (χ0v) is 9.67. The van der Waals surface area contributed by atoms with Gasteiger partial charge in [0, 0.05) is 5.92 Å². The predicted molar refractivity (Wildman–Crippen MR) is 61.2 cm³/mol. The Morgan fingerprint density at radius 1 is 1.29 bits per heavy atom. The highest BCUT2D eigenvalue weighted by molar-refractivity contribution is 7.85. The van der Waals surface area contributed by atoms with Gasteiger partial charge in [0.1, 0.15) is 6.04 Å². The van der Waals surface area contributed by atoms with Crippen molar-refractivity contribution in [1.29, 1.82) is 0 Å². The van der Waals surface area contributed by atoms with Gasteiger partial charge < -0.3 is 10.8 Å². The van der Waals surface area contributed by atoms with Crippen molar-refractivity contribution >= 4 is 16.1 Å². The smallest absolute Gasteiger partial charge is 0.321 e. The molecule has 0 heterocycles. The van der Waals surface area contributed by atoms with Crippen LogP contribution in [0.3, 0.4) is 0 Å². The molecule has 0 spiro atoms.